The van der Waals surface area contributed by atoms with E-state index in [1.807, 2.05) is 24.5 Å². The van der Waals surface area contributed by atoms with Crippen molar-refractivity contribution in [3.8, 4) is 5.69 Å². The second-order valence-corrected chi connectivity index (χ2v) is 6.34. The van der Waals surface area contributed by atoms with Crippen LogP contribution in [0.1, 0.15) is 37.7 Å². The maximum absolute atomic E-state index is 13.2. The maximum Gasteiger partial charge on any atom is 0.253 e. The first kappa shape index (κ1) is 18.4. The van der Waals surface area contributed by atoms with Crippen LogP contribution in [0.4, 0.5) is 4.39 Å². The molecule has 2 amide bonds. The Morgan fingerprint density at radius 3 is 2.44 bits per heavy atom. The van der Waals surface area contributed by atoms with Crippen molar-refractivity contribution >= 4 is 11.8 Å². The molecule has 138 valence electrons. The molecule has 5 nitrogen and oxygen atoms in total. The van der Waals surface area contributed by atoms with Crippen LogP contribution < -0.4 is 11.1 Å². The van der Waals surface area contributed by atoms with Gasteiger partial charge in [0.05, 0.1) is 5.56 Å². The van der Waals surface area contributed by atoms with E-state index in [0.29, 0.717) is 11.1 Å². The Morgan fingerprint density at radius 2 is 1.78 bits per heavy atom. The van der Waals surface area contributed by atoms with Gasteiger partial charge in [0.2, 0.25) is 5.91 Å². The standard InChI is InChI=1S/C21H20FN3O2/c1-13-10-19(14(2)25(13)18-8-6-17(22)7-9-18)21(27)24-12-15-4-3-5-16(11-15)20(23)26/h3-11H,12H2,1-2H3,(H2,23,26)(H,24,27). The Bertz CT molecular complexity index is 1010. The lowest BCUT2D eigenvalue weighted by Gasteiger charge is -2.10. The van der Waals surface area contributed by atoms with Crippen LogP contribution in [0.25, 0.3) is 5.69 Å². The number of halogens is 1. The van der Waals surface area contributed by atoms with Crippen LogP contribution in [0.2, 0.25) is 0 Å². The molecule has 2 aromatic carbocycles. The van der Waals surface area contributed by atoms with Crippen molar-refractivity contribution < 1.29 is 14.0 Å². The molecule has 0 unspecified atom stereocenters. The number of benzene rings is 2. The van der Waals surface area contributed by atoms with Gasteiger partial charge >= 0.3 is 0 Å². The highest BCUT2D eigenvalue weighted by atomic mass is 19.1. The van der Waals surface area contributed by atoms with E-state index in [9.17, 15) is 14.0 Å². The average Bonchev–Trinajstić information content (AvgIpc) is 2.95. The molecule has 0 saturated carbocycles. The summed E-state index contributed by atoms with van der Waals surface area (Å²) in [6, 6.07) is 14.7. The van der Waals surface area contributed by atoms with Gasteiger partial charge < -0.3 is 15.6 Å². The molecule has 0 atom stereocenters. The van der Waals surface area contributed by atoms with Gasteiger partial charge in [-0.05, 0) is 61.9 Å². The molecule has 0 fully saturated rings. The fourth-order valence-corrected chi connectivity index (χ4v) is 3.09. The highest BCUT2D eigenvalue weighted by molar-refractivity contribution is 5.96. The summed E-state index contributed by atoms with van der Waals surface area (Å²) in [4.78, 5) is 23.9. The summed E-state index contributed by atoms with van der Waals surface area (Å²) >= 11 is 0. The van der Waals surface area contributed by atoms with E-state index >= 15 is 0 Å². The zero-order chi connectivity index (χ0) is 19.6. The predicted molar refractivity (Wildman–Crippen MR) is 101 cm³/mol. The SMILES string of the molecule is Cc1cc(C(=O)NCc2cccc(C(N)=O)c2)c(C)n1-c1ccc(F)cc1. The second kappa shape index (κ2) is 7.45. The molecular formula is C21H20FN3O2. The second-order valence-electron chi connectivity index (χ2n) is 6.34. The van der Waals surface area contributed by atoms with Crippen LogP contribution in [0.3, 0.4) is 0 Å². The van der Waals surface area contributed by atoms with E-state index in [1.165, 1.54) is 12.1 Å². The van der Waals surface area contributed by atoms with E-state index in [0.717, 1.165) is 22.6 Å². The molecule has 3 N–H and O–H groups in total. The monoisotopic (exact) mass is 365 g/mol. The third-order valence-electron chi connectivity index (χ3n) is 4.43. The summed E-state index contributed by atoms with van der Waals surface area (Å²) in [6.45, 7) is 4.02. The molecular weight excluding hydrogens is 345 g/mol. The number of carbonyl (C=O) groups excluding carboxylic acids is 2. The highest BCUT2D eigenvalue weighted by Crippen LogP contribution is 2.21. The number of primary amides is 1. The topological polar surface area (TPSA) is 77.1 Å². The van der Waals surface area contributed by atoms with Crippen molar-refractivity contribution in [2.75, 3.05) is 0 Å². The fraction of sp³-hybridized carbons (Fsp3) is 0.143. The Morgan fingerprint density at radius 1 is 1.07 bits per heavy atom. The zero-order valence-electron chi connectivity index (χ0n) is 15.1. The molecule has 0 aliphatic carbocycles. The van der Waals surface area contributed by atoms with Crippen molar-refractivity contribution in [3.63, 3.8) is 0 Å². The fourth-order valence-electron chi connectivity index (χ4n) is 3.09. The largest absolute Gasteiger partial charge is 0.366 e. The Labute approximate surface area is 156 Å². The third-order valence-corrected chi connectivity index (χ3v) is 4.43. The number of nitrogens with two attached hydrogens (primary N) is 1. The minimum Gasteiger partial charge on any atom is -0.366 e. The Balaban J connectivity index is 1.80. The molecule has 0 spiro atoms. The lowest BCUT2D eigenvalue weighted by molar-refractivity contribution is 0.0949. The zero-order valence-corrected chi connectivity index (χ0v) is 15.1. The minimum absolute atomic E-state index is 0.221. The number of aromatic nitrogens is 1. The van der Waals surface area contributed by atoms with Gasteiger partial charge in [0.25, 0.3) is 5.91 Å². The number of aryl methyl sites for hydroxylation is 1. The van der Waals surface area contributed by atoms with Crippen LogP contribution in [0.5, 0.6) is 0 Å². The van der Waals surface area contributed by atoms with Gasteiger partial charge in [0.1, 0.15) is 5.82 Å². The van der Waals surface area contributed by atoms with Crippen LogP contribution in [-0.2, 0) is 6.54 Å². The molecule has 1 heterocycles. The molecule has 6 heteroatoms. The Kier molecular flexibility index (Phi) is 5.07. The molecule has 3 rings (SSSR count). The van der Waals surface area contributed by atoms with E-state index in [4.69, 9.17) is 5.73 Å². The number of nitrogens with one attached hydrogen (secondary N) is 1. The molecule has 3 aromatic rings. The summed E-state index contributed by atoms with van der Waals surface area (Å²) < 4.78 is 15.1. The van der Waals surface area contributed by atoms with Gasteiger partial charge in [-0.3, -0.25) is 9.59 Å². The first-order valence-corrected chi connectivity index (χ1v) is 8.48. The first-order valence-electron chi connectivity index (χ1n) is 8.48. The number of hydrogen-bond acceptors (Lipinski definition) is 2. The van der Waals surface area contributed by atoms with Crippen molar-refractivity contribution in [2.24, 2.45) is 5.73 Å². The van der Waals surface area contributed by atoms with Gasteiger partial charge in [-0.2, -0.15) is 0 Å². The van der Waals surface area contributed by atoms with Gasteiger partial charge in [0.15, 0.2) is 0 Å². The van der Waals surface area contributed by atoms with Crippen LogP contribution in [0, 0.1) is 19.7 Å². The average molecular weight is 365 g/mol. The van der Waals surface area contributed by atoms with Crippen LogP contribution >= 0.6 is 0 Å². The molecule has 1 aromatic heterocycles. The van der Waals surface area contributed by atoms with E-state index in [1.54, 1.807) is 36.4 Å². The van der Waals surface area contributed by atoms with Gasteiger partial charge in [-0.25, -0.2) is 4.39 Å². The van der Waals surface area contributed by atoms with E-state index < -0.39 is 5.91 Å². The van der Waals surface area contributed by atoms with Crippen molar-refractivity contribution in [3.05, 3.63) is 88.5 Å². The minimum atomic E-state index is -0.508. The van der Waals surface area contributed by atoms with Gasteiger partial charge in [-0.1, -0.05) is 12.1 Å². The quantitative estimate of drug-likeness (QED) is 0.728. The van der Waals surface area contributed by atoms with Crippen molar-refractivity contribution in [1.29, 1.82) is 0 Å². The molecule has 0 radical (unpaired) electrons. The number of nitrogens with zero attached hydrogens (tertiary/aromatic N) is 1. The molecule has 0 aliphatic heterocycles. The maximum atomic E-state index is 13.2. The normalized spacial score (nSPS) is 10.6. The number of hydrogen-bond donors (Lipinski definition) is 2. The predicted octanol–water partition coefficient (Wildman–Crippen LogP) is 3.26. The Hall–Kier alpha value is -3.41. The summed E-state index contributed by atoms with van der Waals surface area (Å²) in [5, 5.41) is 2.86. The summed E-state index contributed by atoms with van der Waals surface area (Å²) in [7, 11) is 0. The number of amides is 2. The van der Waals surface area contributed by atoms with E-state index in [-0.39, 0.29) is 18.3 Å². The van der Waals surface area contributed by atoms with Crippen LogP contribution in [-0.4, -0.2) is 16.4 Å². The third kappa shape index (κ3) is 3.89. The molecule has 0 saturated heterocycles. The smallest absolute Gasteiger partial charge is 0.253 e. The highest BCUT2D eigenvalue weighted by Gasteiger charge is 2.16. The first-order chi connectivity index (χ1) is 12.9. The van der Waals surface area contributed by atoms with Crippen LogP contribution in [0.15, 0.2) is 54.6 Å². The van der Waals surface area contributed by atoms with Crippen molar-refractivity contribution in [1.82, 2.24) is 9.88 Å². The molecule has 27 heavy (non-hydrogen) atoms. The van der Waals surface area contributed by atoms with Gasteiger partial charge in [0, 0.05) is 29.2 Å². The lowest BCUT2D eigenvalue weighted by atomic mass is 10.1. The summed E-state index contributed by atoms with van der Waals surface area (Å²) in [6.07, 6.45) is 0. The van der Waals surface area contributed by atoms with Crippen molar-refractivity contribution in [2.45, 2.75) is 20.4 Å². The summed E-state index contributed by atoms with van der Waals surface area (Å²) in [5.41, 5.74) is 9.44. The molecule has 0 bridgehead atoms. The number of carbonyl (C=O) groups is 2. The van der Waals surface area contributed by atoms with Gasteiger partial charge in [-0.15, -0.1) is 0 Å². The molecule has 0 aliphatic rings. The van der Waals surface area contributed by atoms with E-state index in [2.05, 4.69) is 5.32 Å². The number of rotatable bonds is 5. The lowest BCUT2D eigenvalue weighted by Crippen LogP contribution is -2.23. The summed E-state index contributed by atoms with van der Waals surface area (Å²) in [5.74, 6) is -1.04.